The first kappa shape index (κ1) is 30.0. The molecule has 3 rings (SSSR count). The van der Waals surface area contributed by atoms with Gasteiger partial charge in [0.25, 0.3) is 5.91 Å². The smallest absolute Gasteiger partial charge is 0.416 e. The molecule has 10 heteroatoms. The van der Waals surface area contributed by atoms with Gasteiger partial charge in [-0.1, -0.05) is 32.0 Å². The number of thiophene rings is 1. The summed E-state index contributed by atoms with van der Waals surface area (Å²) in [5.41, 5.74) is -0.0671. The largest absolute Gasteiger partial charge is 0.493 e. The summed E-state index contributed by atoms with van der Waals surface area (Å²) >= 11 is 1.52. The van der Waals surface area contributed by atoms with Crippen molar-refractivity contribution in [1.82, 2.24) is 9.80 Å². The van der Waals surface area contributed by atoms with E-state index in [4.69, 9.17) is 9.47 Å². The Bertz CT molecular complexity index is 1250. The number of benzene rings is 2. The number of amides is 2. The van der Waals surface area contributed by atoms with Gasteiger partial charge >= 0.3 is 6.18 Å². The lowest BCUT2D eigenvalue weighted by atomic mass is 10.1. The molecule has 2 amide bonds. The van der Waals surface area contributed by atoms with Gasteiger partial charge in [-0.25, -0.2) is 0 Å². The molecule has 2 aromatic carbocycles. The van der Waals surface area contributed by atoms with E-state index in [2.05, 4.69) is 0 Å². The molecular weight excluding hydrogens is 529 g/mol. The van der Waals surface area contributed by atoms with E-state index in [-0.39, 0.29) is 30.5 Å². The topological polar surface area (TPSA) is 59.1 Å². The number of halogens is 3. The molecule has 3 aromatic rings. The zero-order valence-electron chi connectivity index (χ0n) is 22.5. The molecule has 0 spiro atoms. The maximum absolute atomic E-state index is 13.6. The molecule has 0 bridgehead atoms. The number of methoxy groups -OCH3 is 2. The van der Waals surface area contributed by atoms with Gasteiger partial charge in [0.15, 0.2) is 11.5 Å². The summed E-state index contributed by atoms with van der Waals surface area (Å²) < 4.78 is 50.4. The van der Waals surface area contributed by atoms with Crippen LogP contribution in [-0.4, -0.2) is 55.5 Å². The molecule has 0 unspecified atom stereocenters. The normalized spacial score (nSPS) is 11.4. The molecule has 0 saturated carbocycles. The molecule has 1 heterocycles. The Morgan fingerprint density at radius 3 is 2.31 bits per heavy atom. The van der Waals surface area contributed by atoms with Gasteiger partial charge in [-0.05, 0) is 59.7 Å². The molecule has 0 aliphatic heterocycles. The third-order valence-electron chi connectivity index (χ3n) is 6.03. The Hall–Kier alpha value is -3.53. The number of rotatable bonds is 12. The van der Waals surface area contributed by atoms with Crippen molar-refractivity contribution in [1.29, 1.82) is 0 Å². The van der Waals surface area contributed by atoms with Crippen LogP contribution in [0.2, 0.25) is 0 Å². The van der Waals surface area contributed by atoms with Gasteiger partial charge in [-0.2, -0.15) is 13.2 Å². The summed E-state index contributed by atoms with van der Waals surface area (Å²) in [6.45, 7) is 4.49. The van der Waals surface area contributed by atoms with Crippen LogP contribution < -0.4 is 9.47 Å². The third kappa shape index (κ3) is 8.48. The molecule has 1 aromatic heterocycles. The fraction of sp³-hybridized carbons (Fsp3) is 0.379. The minimum absolute atomic E-state index is 0.00468. The minimum atomic E-state index is -4.57. The number of carbonyl (C=O) groups excluding carboxylic acids is 2. The van der Waals surface area contributed by atoms with Crippen LogP contribution in [-0.2, 0) is 23.9 Å². The molecular formula is C29H33F3N2O4S. The molecule has 0 aliphatic carbocycles. The van der Waals surface area contributed by atoms with Crippen molar-refractivity contribution in [2.24, 2.45) is 5.92 Å². The number of carbonyl (C=O) groups is 2. The fourth-order valence-corrected chi connectivity index (χ4v) is 4.84. The summed E-state index contributed by atoms with van der Waals surface area (Å²) in [6, 6.07) is 13.7. The van der Waals surface area contributed by atoms with Crippen LogP contribution >= 0.6 is 11.3 Å². The summed E-state index contributed by atoms with van der Waals surface area (Å²) in [5.74, 6) is 0.292. The Morgan fingerprint density at radius 2 is 1.69 bits per heavy atom. The van der Waals surface area contributed by atoms with E-state index in [0.717, 1.165) is 22.6 Å². The van der Waals surface area contributed by atoms with Crippen LogP contribution in [0.4, 0.5) is 13.2 Å². The first-order valence-electron chi connectivity index (χ1n) is 12.5. The van der Waals surface area contributed by atoms with Crippen LogP contribution in [0.15, 0.2) is 60.0 Å². The van der Waals surface area contributed by atoms with Gasteiger partial charge in [-0.15, -0.1) is 11.3 Å². The van der Waals surface area contributed by atoms with E-state index in [1.807, 2.05) is 43.5 Å². The molecule has 0 radical (unpaired) electrons. The standard InChI is InChI=1S/C29H33F3N2O4S/c1-20(2)17-34(28(36)22-7-5-8-23(16-22)29(30,31)32)19-27(35)33(18-24-9-6-14-39-24)13-12-21-10-11-25(37-3)26(15-21)38-4/h5-11,14-16,20H,12-13,17-19H2,1-4H3. The highest BCUT2D eigenvalue weighted by molar-refractivity contribution is 7.09. The van der Waals surface area contributed by atoms with Gasteiger partial charge in [0, 0.05) is 23.5 Å². The third-order valence-corrected chi connectivity index (χ3v) is 6.89. The molecule has 0 N–H and O–H groups in total. The Labute approximate surface area is 230 Å². The zero-order valence-corrected chi connectivity index (χ0v) is 23.3. The number of nitrogens with zero attached hydrogens (tertiary/aromatic N) is 2. The summed E-state index contributed by atoms with van der Waals surface area (Å²) in [4.78, 5) is 30.9. The average Bonchev–Trinajstić information content (AvgIpc) is 3.42. The van der Waals surface area contributed by atoms with Crippen molar-refractivity contribution in [3.63, 3.8) is 0 Å². The van der Waals surface area contributed by atoms with Crippen molar-refractivity contribution in [2.75, 3.05) is 33.9 Å². The number of alkyl halides is 3. The van der Waals surface area contributed by atoms with E-state index in [1.165, 1.54) is 28.4 Å². The molecule has 0 saturated heterocycles. The second kappa shape index (κ2) is 13.5. The predicted molar refractivity (Wildman–Crippen MR) is 145 cm³/mol. The maximum Gasteiger partial charge on any atom is 0.416 e. The van der Waals surface area contributed by atoms with Crippen LogP contribution in [0.3, 0.4) is 0 Å². The summed E-state index contributed by atoms with van der Waals surface area (Å²) in [7, 11) is 3.11. The Morgan fingerprint density at radius 1 is 0.949 bits per heavy atom. The highest BCUT2D eigenvalue weighted by Gasteiger charge is 2.32. The van der Waals surface area contributed by atoms with Gasteiger partial charge in [-0.3, -0.25) is 9.59 Å². The van der Waals surface area contributed by atoms with E-state index >= 15 is 0 Å². The van der Waals surface area contributed by atoms with Gasteiger partial charge in [0.05, 0.1) is 26.3 Å². The molecule has 0 aliphatic rings. The lowest BCUT2D eigenvalue weighted by molar-refractivity contribution is -0.137. The Balaban J connectivity index is 1.81. The lowest BCUT2D eigenvalue weighted by Crippen LogP contribution is -2.44. The first-order valence-corrected chi connectivity index (χ1v) is 13.4. The summed E-state index contributed by atoms with van der Waals surface area (Å²) in [5, 5.41) is 1.93. The van der Waals surface area contributed by atoms with Crippen LogP contribution in [0.25, 0.3) is 0 Å². The van der Waals surface area contributed by atoms with Crippen LogP contribution in [0, 0.1) is 5.92 Å². The molecule has 39 heavy (non-hydrogen) atoms. The van der Waals surface area contributed by atoms with E-state index in [0.29, 0.717) is 31.0 Å². The second-order valence-electron chi connectivity index (χ2n) is 9.49. The quantitative estimate of drug-likeness (QED) is 0.266. The van der Waals surface area contributed by atoms with Crippen molar-refractivity contribution < 1.29 is 32.2 Å². The van der Waals surface area contributed by atoms with Crippen molar-refractivity contribution in [3.05, 3.63) is 81.5 Å². The predicted octanol–water partition coefficient (Wildman–Crippen LogP) is 6.15. The average molecular weight is 563 g/mol. The Kier molecular flexibility index (Phi) is 10.4. The van der Waals surface area contributed by atoms with Crippen LogP contribution in [0.5, 0.6) is 11.5 Å². The SMILES string of the molecule is COc1ccc(CCN(Cc2cccs2)C(=O)CN(CC(C)C)C(=O)c2cccc(C(F)(F)F)c2)cc1OC. The molecule has 0 atom stereocenters. The minimum Gasteiger partial charge on any atom is -0.493 e. The zero-order chi connectivity index (χ0) is 28.6. The van der Waals surface area contributed by atoms with Crippen LogP contribution in [0.1, 0.15) is 40.2 Å². The monoisotopic (exact) mass is 562 g/mol. The maximum atomic E-state index is 13.6. The number of ether oxygens (including phenoxy) is 2. The van der Waals surface area contributed by atoms with Crippen molar-refractivity contribution in [3.8, 4) is 11.5 Å². The van der Waals surface area contributed by atoms with Crippen molar-refractivity contribution in [2.45, 2.75) is 33.0 Å². The van der Waals surface area contributed by atoms with Gasteiger partial charge in [0.1, 0.15) is 6.54 Å². The molecule has 0 fully saturated rings. The summed E-state index contributed by atoms with van der Waals surface area (Å²) in [6.07, 6.45) is -4.04. The lowest BCUT2D eigenvalue weighted by Gasteiger charge is -2.29. The molecule has 210 valence electrons. The second-order valence-corrected chi connectivity index (χ2v) is 10.5. The fourth-order valence-electron chi connectivity index (χ4n) is 4.12. The van der Waals surface area contributed by atoms with E-state index < -0.39 is 17.6 Å². The highest BCUT2D eigenvalue weighted by atomic mass is 32.1. The first-order chi connectivity index (χ1) is 18.5. The van der Waals surface area contributed by atoms with E-state index in [9.17, 15) is 22.8 Å². The number of hydrogen-bond donors (Lipinski definition) is 0. The van der Waals surface area contributed by atoms with Gasteiger partial charge < -0.3 is 19.3 Å². The van der Waals surface area contributed by atoms with E-state index in [1.54, 1.807) is 25.2 Å². The number of hydrogen-bond acceptors (Lipinski definition) is 5. The molecule has 6 nitrogen and oxygen atoms in total. The van der Waals surface area contributed by atoms with Crippen molar-refractivity contribution >= 4 is 23.2 Å². The highest BCUT2D eigenvalue weighted by Crippen LogP contribution is 2.30. The van der Waals surface area contributed by atoms with Gasteiger partial charge in [0.2, 0.25) is 5.91 Å².